The molecule has 0 bridgehead atoms. The fourth-order valence-electron chi connectivity index (χ4n) is 0.0319. The maximum atomic E-state index is 8.24. The van der Waals surface area contributed by atoms with Crippen molar-refractivity contribution in [3.63, 3.8) is 0 Å². The Morgan fingerprint density at radius 1 is 1.33 bits per heavy atom. The van der Waals surface area contributed by atoms with Gasteiger partial charge in [0.2, 0.25) is 0 Å². The average molecular weight is 130 g/mol. The molecule has 0 radical (unpaired) electrons. The van der Waals surface area contributed by atoms with Crippen molar-refractivity contribution in [3.8, 4) is 0 Å². The van der Waals surface area contributed by atoms with Gasteiger partial charge in [0.05, 0.1) is 12.0 Å². The number of alkyl halides is 2. The van der Waals surface area contributed by atoms with Gasteiger partial charge in [0.1, 0.15) is 0 Å². The van der Waals surface area contributed by atoms with Gasteiger partial charge in [-0.15, -0.1) is 23.2 Å². The van der Waals surface area contributed by atoms with Crippen LogP contribution in [-0.4, -0.2) is 22.3 Å². The van der Waals surface area contributed by atoms with Gasteiger partial charge < -0.3 is 5.21 Å². The second-order valence-electron chi connectivity index (χ2n) is 0.745. The Morgan fingerprint density at radius 3 is 1.67 bits per heavy atom. The van der Waals surface area contributed by atoms with Crippen LogP contribution >= 0.6 is 23.2 Å². The molecule has 0 aromatic carbocycles. The van der Waals surface area contributed by atoms with Crippen LogP contribution in [0.2, 0.25) is 0 Å². The van der Waals surface area contributed by atoms with Crippen LogP contribution in [0.1, 0.15) is 0 Å². The first-order valence-corrected chi connectivity index (χ1v) is 2.44. The number of hydroxylamine groups is 2. The molecule has 0 aromatic heterocycles. The molecule has 0 saturated heterocycles. The van der Waals surface area contributed by atoms with Gasteiger partial charge in [-0.25, -0.2) is 0 Å². The van der Waals surface area contributed by atoms with E-state index in [-0.39, 0.29) is 12.0 Å². The summed E-state index contributed by atoms with van der Waals surface area (Å²) in [5.41, 5.74) is 0. The lowest BCUT2D eigenvalue weighted by atomic mass is 11.2. The van der Waals surface area contributed by atoms with E-state index in [4.69, 9.17) is 28.4 Å². The largest absolute Gasteiger partial charge is 0.312 e. The highest BCUT2D eigenvalue weighted by atomic mass is 35.5. The van der Waals surface area contributed by atoms with Crippen LogP contribution in [0.5, 0.6) is 0 Å². The summed E-state index contributed by atoms with van der Waals surface area (Å²) in [5.74, 6) is 0. The van der Waals surface area contributed by atoms with Crippen LogP contribution in [0.3, 0.4) is 0 Å². The van der Waals surface area contributed by atoms with Gasteiger partial charge >= 0.3 is 0 Å². The Balaban J connectivity index is 2.75. The van der Waals surface area contributed by atoms with E-state index in [1.807, 2.05) is 0 Å². The summed E-state index contributed by atoms with van der Waals surface area (Å²) in [7, 11) is 0. The number of rotatable bonds is 2. The van der Waals surface area contributed by atoms with Crippen molar-refractivity contribution in [3.05, 3.63) is 0 Å². The molecule has 4 heteroatoms. The van der Waals surface area contributed by atoms with Gasteiger partial charge in [-0.05, 0) is 0 Å². The molecule has 0 fully saturated rings. The molecule has 0 aliphatic heterocycles. The van der Waals surface area contributed by atoms with Crippen molar-refractivity contribution in [1.82, 2.24) is 5.06 Å². The van der Waals surface area contributed by atoms with Crippen molar-refractivity contribution < 1.29 is 5.21 Å². The maximum absolute atomic E-state index is 8.24. The minimum Gasteiger partial charge on any atom is -0.312 e. The van der Waals surface area contributed by atoms with Crippen molar-refractivity contribution in [2.75, 3.05) is 12.0 Å². The van der Waals surface area contributed by atoms with Gasteiger partial charge in [-0.2, -0.15) is 5.06 Å². The van der Waals surface area contributed by atoms with E-state index in [0.717, 1.165) is 5.06 Å². The topological polar surface area (TPSA) is 23.5 Å². The zero-order valence-corrected chi connectivity index (χ0v) is 4.58. The van der Waals surface area contributed by atoms with Crippen LogP contribution in [0.4, 0.5) is 0 Å². The normalized spacial score (nSPS) is 10.0. The molecule has 1 N–H and O–H groups in total. The highest BCUT2D eigenvalue weighted by molar-refractivity contribution is 6.19. The Morgan fingerprint density at radius 2 is 1.67 bits per heavy atom. The summed E-state index contributed by atoms with van der Waals surface area (Å²) in [6.45, 7) is 0. The first-order chi connectivity index (χ1) is 2.81. The summed E-state index contributed by atoms with van der Waals surface area (Å²) in [6, 6.07) is 0.118. The minimum absolute atomic E-state index is 0.0590. The standard InChI is InChI=1S/C2H5Cl2NO/c3-1-5(6)2-4/h6H,1-2H2. The zero-order chi connectivity index (χ0) is 4.99. The van der Waals surface area contributed by atoms with Gasteiger partial charge in [-0.3, -0.25) is 0 Å². The van der Waals surface area contributed by atoms with Crippen molar-refractivity contribution in [1.29, 1.82) is 0 Å². The van der Waals surface area contributed by atoms with Crippen LogP contribution < -0.4 is 0 Å². The highest BCUT2D eigenvalue weighted by Crippen LogP contribution is 1.85. The molecule has 0 spiro atoms. The van der Waals surface area contributed by atoms with E-state index in [1.54, 1.807) is 0 Å². The van der Waals surface area contributed by atoms with Crippen LogP contribution in [0.15, 0.2) is 0 Å². The quantitative estimate of drug-likeness (QED) is 0.343. The lowest BCUT2D eigenvalue weighted by Gasteiger charge is -2.01. The Hall–Kier alpha value is 0.500. The monoisotopic (exact) mass is 129 g/mol. The Bertz CT molecular complexity index is 30.7. The zero-order valence-electron chi connectivity index (χ0n) is 3.06. The second kappa shape index (κ2) is 3.68. The molecule has 0 amide bonds. The first kappa shape index (κ1) is 6.50. The highest BCUT2D eigenvalue weighted by Gasteiger charge is 1.87. The van der Waals surface area contributed by atoms with Crippen molar-refractivity contribution in [2.24, 2.45) is 0 Å². The summed E-state index contributed by atoms with van der Waals surface area (Å²) in [5, 5.41) is 9.02. The number of hydrogen-bond acceptors (Lipinski definition) is 2. The third kappa shape index (κ3) is 2.72. The molecule has 6 heavy (non-hydrogen) atoms. The number of halogens is 2. The third-order valence-corrected chi connectivity index (χ3v) is 0.828. The Kier molecular flexibility index (Phi) is 3.99. The first-order valence-electron chi connectivity index (χ1n) is 1.37. The molecule has 0 aliphatic rings. The fourth-order valence-corrected chi connectivity index (χ4v) is 0.287. The van der Waals surface area contributed by atoms with E-state index in [1.165, 1.54) is 0 Å². The van der Waals surface area contributed by atoms with E-state index in [0.29, 0.717) is 0 Å². The summed E-state index contributed by atoms with van der Waals surface area (Å²) >= 11 is 10.1. The van der Waals surface area contributed by atoms with Crippen molar-refractivity contribution in [2.45, 2.75) is 0 Å². The summed E-state index contributed by atoms with van der Waals surface area (Å²) < 4.78 is 0. The second-order valence-corrected chi connectivity index (χ2v) is 1.22. The molecule has 0 aliphatic carbocycles. The van der Waals surface area contributed by atoms with Crippen LogP contribution in [0, 0.1) is 0 Å². The predicted octanol–water partition coefficient (Wildman–Crippen LogP) is 1.07. The van der Waals surface area contributed by atoms with Gasteiger partial charge in [-0.1, -0.05) is 0 Å². The molecule has 0 saturated carbocycles. The van der Waals surface area contributed by atoms with E-state index < -0.39 is 0 Å². The van der Waals surface area contributed by atoms with E-state index >= 15 is 0 Å². The Labute approximate surface area is 46.2 Å². The lowest BCUT2D eigenvalue weighted by molar-refractivity contribution is -0.0550. The lowest BCUT2D eigenvalue weighted by Crippen LogP contribution is -2.13. The van der Waals surface area contributed by atoms with Gasteiger partial charge in [0, 0.05) is 0 Å². The molecule has 0 aromatic rings. The molecular weight excluding hydrogens is 125 g/mol. The predicted molar refractivity (Wildman–Crippen MR) is 25.1 cm³/mol. The third-order valence-electron chi connectivity index (χ3n) is 0.276. The molecule has 0 atom stereocenters. The van der Waals surface area contributed by atoms with Gasteiger partial charge in [0.15, 0.2) is 0 Å². The SMILES string of the molecule is ON(CCl)CCl. The summed E-state index contributed by atoms with van der Waals surface area (Å²) in [4.78, 5) is 0. The molecule has 0 unspecified atom stereocenters. The maximum Gasteiger partial charge on any atom is 0.0994 e. The molecule has 2 nitrogen and oxygen atoms in total. The van der Waals surface area contributed by atoms with Gasteiger partial charge in [0.25, 0.3) is 0 Å². The fraction of sp³-hybridized carbons (Fsp3) is 1.00. The molecule has 38 valence electrons. The smallest absolute Gasteiger partial charge is 0.0994 e. The molecule has 0 rings (SSSR count). The van der Waals surface area contributed by atoms with E-state index in [9.17, 15) is 0 Å². The van der Waals surface area contributed by atoms with Crippen molar-refractivity contribution >= 4 is 23.2 Å². The molecular formula is C2H5Cl2NO. The minimum atomic E-state index is 0.0590. The number of hydrogen-bond donors (Lipinski definition) is 1. The van der Waals surface area contributed by atoms with Crippen LogP contribution in [-0.2, 0) is 0 Å². The summed E-state index contributed by atoms with van der Waals surface area (Å²) in [6.07, 6.45) is 0. The average Bonchev–Trinajstić information content (AvgIpc) is 1.65. The van der Waals surface area contributed by atoms with Crippen LogP contribution in [0.25, 0.3) is 0 Å². The van der Waals surface area contributed by atoms with E-state index in [2.05, 4.69) is 0 Å². The molecule has 0 heterocycles. The number of nitrogens with zero attached hydrogens (tertiary/aromatic N) is 1.